The predicted molar refractivity (Wildman–Crippen MR) is 78.0 cm³/mol. The molecule has 2 atom stereocenters. The molecule has 106 valence electrons. The van der Waals surface area contributed by atoms with Gasteiger partial charge in [-0.3, -0.25) is 0 Å². The zero-order valence-electron chi connectivity index (χ0n) is 11.1. The van der Waals surface area contributed by atoms with Crippen LogP contribution in [0.2, 0.25) is 0 Å². The van der Waals surface area contributed by atoms with Crippen molar-refractivity contribution in [1.82, 2.24) is 0 Å². The monoisotopic (exact) mass is 293 g/mol. The van der Waals surface area contributed by atoms with Crippen LogP contribution in [0.25, 0.3) is 0 Å². The molecule has 20 heavy (non-hydrogen) atoms. The van der Waals surface area contributed by atoms with Crippen LogP contribution in [0, 0.1) is 11.6 Å². The van der Waals surface area contributed by atoms with Gasteiger partial charge in [-0.1, -0.05) is 6.07 Å². The second-order valence-electron chi connectivity index (χ2n) is 5.40. The van der Waals surface area contributed by atoms with Gasteiger partial charge in [0.1, 0.15) is 11.6 Å². The molecule has 2 unspecified atom stereocenters. The third-order valence-electron chi connectivity index (χ3n) is 4.09. The normalized spacial score (nSPS) is 19.6. The number of hydrogen-bond donors (Lipinski definition) is 1. The molecule has 2 N–H and O–H groups in total. The molecular weight excluding hydrogens is 276 g/mol. The van der Waals surface area contributed by atoms with E-state index in [0.717, 1.165) is 25.3 Å². The first-order valence-corrected chi connectivity index (χ1v) is 7.79. The second-order valence-corrected chi connectivity index (χ2v) is 6.40. The third-order valence-corrected chi connectivity index (χ3v) is 5.08. The Kier molecular flexibility index (Phi) is 3.85. The molecule has 1 aromatic heterocycles. The topological polar surface area (TPSA) is 26.0 Å². The van der Waals surface area contributed by atoms with Gasteiger partial charge in [0.05, 0.1) is 0 Å². The van der Waals surface area contributed by atoms with E-state index in [1.165, 1.54) is 22.6 Å². The van der Waals surface area contributed by atoms with Gasteiger partial charge in [-0.2, -0.15) is 0 Å². The lowest BCUT2D eigenvalue weighted by atomic mass is 9.81. The van der Waals surface area contributed by atoms with E-state index >= 15 is 0 Å². The molecule has 2 aromatic rings. The van der Waals surface area contributed by atoms with Gasteiger partial charge in [-0.25, -0.2) is 8.78 Å². The number of fused-ring (bicyclic) bond motifs is 1. The molecule has 1 nitrogen and oxygen atoms in total. The minimum absolute atomic E-state index is 0.122. The summed E-state index contributed by atoms with van der Waals surface area (Å²) >= 11 is 1.78. The van der Waals surface area contributed by atoms with Crippen molar-refractivity contribution < 1.29 is 8.78 Å². The van der Waals surface area contributed by atoms with Gasteiger partial charge in [0.15, 0.2) is 0 Å². The largest absolute Gasteiger partial charge is 0.327 e. The van der Waals surface area contributed by atoms with Crippen molar-refractivity contribution >= 4 is 11.3 Å². The SMILES string of the molecule is NC(Cc1ccc(F)cc1F)C1CCCc2sccc21. The first-order chi connectivity index (χ1) is 9.65. The van der Waals surface area contributed by atoms with Crippen LogP contribution in [-0.4, -0.2) is 6.04 Å². The van der Waals surface area contributed by atoms with Crippen molar-refractivity contribution in [3.63, 3.8) is 0 Å². The van der Waals surface area contributed by atoms with Gasteiger partial charge in [-0.15, -0.1) is 11.3 Å². The first kappa shape index (κ1) is 13.7. The molecule has 0 spiro atoms. The van der Waals surface area contributed by atoms with Gasteiger partial charge in [0, 0.05) is 22.9 Å². The molecule has 0 aliphatic heterocycles. The maximum atomic E-state index is 13.7. The Labute approximate surface area is 121 Å². The van der Waals surface area contributed by atoms with Crippen LogP contribution in [0.1, 0.15) is 34.8 Å². The summed E-state index contributed by atoms with van der Waals surface area (Å²) in [4.78, 5) is 1.41. The molecule has 1 aliphatic carbocycles. The molecule has 1 heterocycles. The van der Waals surface area contributed by atoms with E-state index in [2.05, 4.69) is 11.4 Å². The fourth-order valence-electron chi connectivity index (χ4n) is 3.05. The van der Waals surface area contributed by atoms with Crippen LogP contribution >= 0.6 is 11.3 Å². The standard InChI is InChI=1S/C16H17F2NS/c17-11-5-4-10(14(18)9-11)8-15(19)12-2-1-3-16-13(12)6-7-20-16/h4-7,9,12,15H,1-3,8,19H2. The maximum Gasteiger partial charge on any atom is 0.129 e. The number of benzene rings is 1. The molecule has 1 aromatic carbocycles. The fourth-order valence-corrected chi connectivity index (χ4v) is 4.05. The number of aryl methyl sites for hydroxylation is 1. The van der Waals surface area contributed by atoms with Crippen LogP contribution in [0.5, 0.6) is 0 Å². The summed E-state index contributed by atoms with van der Waals surface area (Å²) in [6.07, 6.45) is 3.76. The van der Waals surface area contributed by atoms with Crippen molar-refractivity contribution in [2.24, 2.45) is 5.73 Å². The lowest BCUT2D eigenvalue weighted by Gasteiger charge is -2.28. The Balaban J connectivity index is 1.79. The van der Waals surface area contributed by atoms with E-state index in [1.807, 2.05) is 0 Å². The zero-order valence-corrected chi connectivity index (χ0v) is 11.9. The Morgan fingerprint density at radius 1 is 1.30 bits per heavy atom. The van der Waals surface area contributed by atoms with E-state index in [1.54, 1.807) is 11.3 Å². The Morgan fingerprint density at radius 3 is 2.95 bits per heavy atom. The highest BCUT2D eigenvalue weighted by Crippen LogP contribution is 2.37. The van der Waals surface area contributed by atoms with Crippen LogP contribution in [0.15, 0.2) is 29.6 Å². The molecule has 1 aliphatic rings. The van der Waals surface area contributed by atoms with Gasteiger partial charge >= 0.3 is 0 Å². The molecule has 0 saturated heterocycles. The molecule has 0 bridgehead atoms. The minimum atomic E-state index is -0.544. The Hall–Kier alpha value is -1.26. The number of rotatable bonds is 3. The summed E-state index contributed by atoms with van der Waals surface area (Å²) in [7, 11) is 0. The number of nitrogens with two attached hydrogens (primary N) is 1. The highest BCUT2D eigenvalue weighted by atomic mass is 32.1. The molecule has 0 saturated carbocycles. The van der Waals surface area contributed by atoms with Crippen LogP contribution in [0.3, 0.4) is 0 Å². The zero-order chi connectivity index (χ0) is 14.1. The average Bonchev–Trinajstić information content (AvgIpc) is 2.90. The lowest BCUT2D eigenvalue weighted by Crippen LogP contribution is -2.32. The lowest BCUT2D eigenvalue weighted by molar-refractivity contribution is 0.456. The summed E-state index contributed by atoms with van der Waals surface area (Å²) < 4.78 is 26.6. The van der Waals surface area contributed by atoms with E-state index in [9.17, 15) is 8.78 Å². The summed E-state index contributed by atoms with van der Waals surface area (Å²) in [5.74, 6) is -0.756. The summed E-state index contributed by atoms with van der Waals surface area (Å²) in [6, 6.07) is 5.75. The molecule has 3 rings (SSSR count). The summed E-state index contributed by atoms with van der Waals surface area (Å²) in [5, 5.41) is 2.11. The maximum absolute atomic E-state index is 13.7. The number of thiophene rings is 1. The van der Waals surface area contributed by atoms with Crippen molar-refractivity contribution in [3.8, 4) is 0 Å². The molecule has 0 amide bonds. The van der Waals surface area contributed by atoms with Gasteiger partial charge < -0.3 is 5.73 Å². The summed E-state index contributed by atoms with van der Waals surface area (Å²) in [6.45, 7) is 0. The van der Waals surface area contributed by atoms with Crippen molar-refractivity contribution in [2.75, 3.05) is 0 Å². The Morgan fingerprint density at radius 2 is 2.15 bits per heavy atom. The van der Waals surface area contributed by atoms with E-state index in [-0.39, 0.29) is 12.0 Å². The molecule has 0 fully saturated rings. The molecular formula is C16H17F2NS. The van der Waals surface area contributed by atoms with Crippen LogP contribution in [-0.2, 0) is 12.8 Å². The second kappa shape index (κ2) is 5.62. The van der Waals surface area contributed by atoms with Gasteiger partial charge in [-0.05, 0) is 54.3 Å². The summed E-state index contributed by atoms with van der Waals surface area (Å²) in [5.41, 5.74) is 8.14. The van der Waals surface area contributed by atoms with Crippen LogP contribution < -0.4 is 5.73 Å². The molecule has 0 radical (unpaired) electrons. The van der Waals surface area contributed by atoms with Crippen molar-refractivity contribution in [3.05, 3.63) is 57.3 Å². The van der Waals surface area contributed by atoms with E-state index < -0.39 is 11.6 Å². The van der Waals surface area contributed by atoms with E-state index in [4.69, 9.17) is 5.73 Å². The van der Waals surface area contributed by atoms with E-state index in [0.29, 0.717) is 12.0 Å². The number of halogens is 2. The third kappa shape index (κ3) is 2.63. The van der Waals surface area contributed by atoms with Crippen molar-refractivity contribution in [1.29, 1.82) is 0 Å². The number of hydrogen-bond acceptors (Lipinski definition) is 2. The minimum Gasteiger partial charge on any atom is -0.327 e. The average molecular weight is 293 g/mol. The smallest absolute Gasteiger partial charge is 0.129 e. The highest BCUT2D eigenvalue weighted by Gasteiger charge is 2.27. The highest BCUT2D eigenvalue weighted by molar-refractivity contribution is 7.10. The fraction of sp³-hybridized carbons (Fsp3) is 0.375. The first-order valence-electron chi connectivity index (χ1n) is 6.91. The van der Waals surface area contributed by atoms with Gasteiger partial charge in [0.25, 0.3) is 0 Å². The van der Waals surface area contributed by atoms with Crippen LogP contribution in [0.4, 0.5) is 8.78 Å². The van der Waals surface area contributed by atoms with Crippen molar-refractivity contribution in [2.45, 2.75) is 37.6 Å². The predicted octanol–water partition coefficient (Wildman–Crippen LogP) is 4.02. The Bertz CT molecular complexity index is 608. The van der Waals surface area contributed by atoms with Gasteiger partial charge in [0.2, 0.25) is 0 Å². The quantitative estimate of drug-likeness (QED) is 0.909. The molecule has 4 heteroatoms.